The first-order chi connectivity index (χ1) is 10.0. The maximum absolute atomic E-state index is 11.9. The standard InChI is InChI=1S/C15H28F3N3O/c1-6-19-12(21-10-13(2,3)14(21,4)5)20-8-7-9-22-11-15(16,17)18/h6-11H2,1-5H3,(H,19,20). The largest absolute Gasteiger partial charge is 0.411 e. The first kappa shape index (κ1) is 19.1. The Morgan fingerprint density at radius 2 is 1.91 bits per heavy atom. The van der Waals surface area contributed by atoms with E-state index < -0.39 is 12.8 Å². The van der Waals surface area contributed by atoms with Crippen LogP contribution in [0.4, 0.5) is 13.2 Å². The summed E-state index contributed by atoms with van der Waals surface area (Å²) in [5.74, 6) is 0.822. The van der Waals surface area contributed by atoms with Gasteiger partial charge in [-0.05, 0) is 27.2 Å². The second-order valence-corrected chi connectivity index (χ2v) is 6.79. The number of likely N-dealkylation sites (tertiary alicyclic amines) is 1. The monoisotopic (exact) mass is 323 g/mol. The zero-order chi connectivity index (χ0) is 17.0. The molecule has 0 aromatic carbocycles. The van der Waals surface area contributed by atoms with Crippen LogP contribution in [0.15, 0.2) is 4.99 Å². The topological polar surface area (TPSA) is 36.9 Å². The molecule has 0 unspecified atom stereocenters. The van der Waals surface area contributed by atoms with E-state index in [-0.39, 0.29) is 17.6 Å². The zero-order valence-corrected chi connectivity index (χ0v) is 14.2. The van der Waals surface area contributed by atoms with Crippen LogP contribution in [0.2, 0.25) is 0 Å². The molecule has 0 spiro atoms. The van der Waals surface area contributed by atoms with Crippen LogP contribution in [0.25, 0.3) is 0 Å². The fourth-order valence-electron chi connectivity index (χ4n) is 2.33. The van der Waals surface area contributed by atoms with E-state index in [0.717, 1.165) is 19.0 Å². The lowest BCUT2D eigenvalue weighted by Gasteiger charge is -2.62. The predicted octanol–water partition coefficient (Wildman–Crippen LogP) is 3.04. The Morgan fingerprint density at radius 1 is 1.27 bits per heavy atom. The highest BCUT2D eigenvalue weighted by molar-refractivity contribution is 5.82. The summed E-state index contributed by atoms with van der Waals surface area (Å²) in [5.41, 5.74) is 0.208. The van der Waals surface area contributed by atoms with E-state index >= 15 is 0 Å². The number of ether oxygens (including phenoxy) is 1. The molecule has 0 saturated carbocycles. The van der Waals surface area contributed by atoms with Gasteiger partial charge in [0.25, 0.3) is 0 Å². The summed E-state index contributed by atoms with van der Waals surface area (Å²) in [6.45, 7) is 11.8. The highest BCUT2D eigenvalue weighted by atomic mass is 19.4. The Balaban J connectivity index is 2.44. The van der Waals surface area contributed by atoms with E-state index in [4.69, 9.17) is 0 Å². The van der Waals surface area contributed by atoms with E-state index in [1.165, 1.54) is 0 Å². The van der Waals surface area contributed by atoms with Crippen LogP contribution in [0.3, 0.4) is 0 Å². The number of nitrogens with zero attached hydrogens (tertiary/aromatic N) is 2. The third-order valence-corrected chi connectivity index (χ3v) is 4.45. The van der Waals surface area contributed by atoms with Gasteiger partial charge in [0.05, 0.1) is 0 Å². The lowest BCUT2D eigenvalue weighted by molar-refractivity contribution is -0.173. The average molecular weight is 323 g/mol. The molecule has 1 aliphatic rings. The highest BCUT2D eigenvalue weighted by Crippen LogP contribution is 2.46. The van der Waals surface area contributed by atoms with Crippen LogP contribution in [-0.2, 0) is 4.74 Å². The summed E-state index contributed by atoms with van der Waals surface area (Å²) in [6.07, 6.45) is -3.78. The first-order valence-corrected chi connectivity index (χ1v) is 7.72. The Hall–Kier alpha value is -0.980. The highest BCUT2D eigenvalue weighted by Gasteiger charge is 2.53. The minimum absolute atomic E-state index is 0.000781. The molecule has 0 aromatic rings. The lowest BCUT2D eigenvalue weighted by atomic mass is 9.65. The van der Waals surface area contributed by atoms with Gasteiger partial charge in [-0.15, -0.1) is 0 Å². The molecule has 0 aromatic heterocycles. The average Bonchev–Trinajstić information content (AvgIpc) is 2.37. The molecule has 0 aliphatic carbocycles. The molecule has 22 heavy (non-hydrogen) atoms. The summed E-state index contributed by atoms with van der Waals surface area (Å²) < 4.78 is 40.4. The maximum atomic E-state index is 11.9. The van der Waals surface area contributed by atoms with Crippen LogP contribution in [0.5, 0.6) is 0 Å². The van der Waals surface area contributed by atoms with Gasteiger partial charge in [0.2, 0.25) is 0 Å². The third kappa shape index (κ3) is 4.76. The predicted molar refractivity (Wildman–Crippen MR) is 82.0 cm³/mol. The number of rotatable bonds is 6. The SMILES string of the molecule is CCNC(=NCCCOCC(F)(F)F)N1CC(C)(C)C1(C)C. The maximum Gasteiger partial charge on any atom is 0.411 e. The number of aliphatic imine (C=N–C) groups is 1. The van der Waals surface area contributed by atoms with E-state index in [0.29, 0.717) is 13.0 Å². The van der Waals surface area contributed by atoms with Crippen molar-refractivity contribution in [2.24, 2.45) is 10.4 Å². The Labute approximate surface area is 131 Å². The van der Waals surface area contributed by atoms with Crippen molar-refractivity contribution in [2.75, 3.05) is 32.8 Å². The lowest BCUT2D eigenvalue weighted by Crippen LogP contribution is -2.72. The molecule has 0 amide bonds. The molecule has 130 valence electrons. The van der Waals surface area contributed by atoms with Crippen molar-refractivity contribution in [2.45, 2.75) is 52.8 Å². The number of guanidine groups is 1. The fourth-order valence-corrected chi connectivity index (χ4v) is 2.33. The number of halogens is 3. The Morgan fingerprint density at radius 3 is 2.36 bits per heavy atom. The summed E-state index contributed by atoms with van der Waals surface area (Å²) in [7, 11) is 0. The molecule has 1 N–H and O–H groups in total. The van der Waals surface area contributed by atoms with E-state index in [1.807, 2.05) is 6.92 Å². The van der Waals surface area contributed by atoms with Crippen molar-refractivity contribution < 1.29 is 17.9 Å². The summed E-state index contributed by atoms with van der Waals surface area (Å²) in [5, 5.41) is 3.25. The van der Waals surface area contributed by atoms with Crippen molar-refractivity contribution in [3.05, 3.63) is 0 Å². The number of hydrogen-bond donors (Lipinski definition) is 1. The van der Waals surface area contributed by atoms with Gasteiger partial charge < -0.3 is 15.0 Å². The molecule has 7 heteroatoms. The minimum Gasteiger partial charge on any atom is -0.372 e. The number of nitrogens with one attached hydrogen (secondary N) is 1. The molecule has 0 atom stereocenters. The van der Waals surface area contributed by atoms with Gasteiger partial charge in [-0.2, -0.15) is 13.2 Å². The molecular formula is C15H28F3N3O. The van der Waals surface area contributed by atoms with E-state index in [1.54, 1.807) is 0 Å². The third-order valence-electron chi connectivity index (χ3n) is 4.45. The molecule has 1 aliphatic heterocycles. The van der Waals surface area contributed by atoms with Crippen LogP contribution >= 0.6 is 0 Å². The van der Waals surface area contributed by atoms with Crippen molar-refractivity contribution in [3.8, 4) is 0 Å². The summed E-state index contributed by atoms with van der Waals surface area (Å²) >= 11 is 0. The molecule has 4 nitrogen and oxygen atoms in total. The van der Waals surface area contributed by atoms with Crippen LogP contribution in [0, 0.1) is 5.41 Å². The van der Waals surface area contributed by atoms with Gasteiger partial charge >= 0.3 is 6.18 Å². The fraction of sp³-hybridized carbons (Fsp3) is 0.933. The Kier molecular flexibility index (Phi) is 6.12. The van der Waals surface area contributed by atoms with Crippen molar-refractivity contribution in [3.63, 3.8) is 0 Å². The van der Waals surface area contributed by atoms with Crippen LogP contribution < -0.4 is 5.32 Å². The molecule has 0 radical (unpaired) electrons. The van der Waals surface area contributed by atoms with E-state index in [2.05, 4.69) is 47.6 Å². The van der Waals surface area contributed by atoms with Crippen molar-refractivity contribution in [1.82, 2.24) is 10.2 Å². The molecule has 1 fully saturated rings. The van der Waals surface area contributed by atoms with Crippen molar-refractivity contribution >= 4 is 5.96 Å². The van der Waals surface area contributed by atoms with Crippen LogP contribution in [-0.4, -0.2) is 55.4 Å². The van der Waals surface area contributed by atoms with Gasteiger partial charge in [-0.25, -0.2) is 0 Å². The summed E-state index contributed by atoms with van der Waals surface area (Å²) in [4.78, 5) is 6.72. The Bertz CT molecular complexity index is 392. The second-order valence-electron chi connectivity index (χ2n) is 6.79. The quantitative estimate of drug-likeness (QED) is 0.464. The summed E-state index contributed by atoms with van der Waals surface area (Å²) in [6, 6.07) is 0. The molecule has 1 rings (SSSR count). The van der Waals surface area contributed by atoms with Crippen LogP contribution in [0.1, 0.15) is 41.0 Å². The van der Waals surface area contributed by atoms with E-state index in [9.17, 15) is 13.2 Å². The number of hydrogen-bond acceptors (Lipinski definition) is 2. The number of alkyl halides is 3. The van der Waals surface area contributed by atoms with Gasteiger partial charge in [-0.3, -0.25) is 4.99 Å². The zero-order valence-electron chi connectivity index (χ0n) is 14.2. The van der Waals surface area contributed by atoms with Gasteiger partial charge in [0.15, 0.2) is 5.96 Å². The molecule has 1 heterocycles. The smallest absolute Gasteiger partial charge is 0.372 e. The molecule has 0 bridgehead atoms. The molecular weight excluding hydrogens is 295 g/mol. The normalized spacial score (nSPS) is 20.7. The molecule has 1 saturated heterocycles. The van der Waals surface area contributed by atoms with Gasteiger partial charge in [0, 0.05) is 37.2 Å². The van der Waals surface area contributed by atoms with Gasteiger partial charge in [0.1, 0.15) is 6.61 Å². The van der Waals surface area contributed by atoms with Gasteiger partial charge in [-0.1, -0.05) is 13.8 Å². The minimum atomic E-state index is -4.26. The van der Waals surface area contributed by atoms with Crippen molar-refractivity contribution in [1.29, 1.82) is 0 Å². The first-order valence-electron chi connectivity index (χ1n) is 7.72. The second kappa shape index (κ2) is 7.06.